The monoisotopic (exact) mass is 664 g/mol. The Morgan fingerprint density at radius 2 is 0.635 bits per heavy atom. The molecule has 0 aromatic heterocycles. The molecule has 0 N–H and O–H groups in total. The predicted octanol–water partition coefficient (Wildman–Crippen LogP) is 14.3. The molecule has 0 bridgehead atoms. The van der Waals surface area contributed by atoms with Gasteiger partial charge in [-0.1, -0.05) is 140 Å². The largest absolute Gasteiger partial charge is 0.311 e. The number of benzene rings is 9. The number of hydrogen-bond donors (Lipinski definition) is 0. The summed E-state index contributed by atoms with van der Waals surface area (Å²) in [6, 6.07) is 78.2. The van der Waals surface area contributed by atoms with E-state index >= 15 is 0 Å². The second-order valence-corrected chi connectivity index (χ2v) is 13.0. The zero-order valence-corrected chi connectivity index (χ0v) is 28.7. The van der Waals surface area contributed by atoms with Gasteiger partial charge in [0.25, 0.3) is 0 Å². The maximum absolute atomic E-state index is 2.36. The third-order valence-electron chi connectivity index (χ3n) is 9.81. The molecule has 0 heterocycles. The maximum atomic E-state index is 2.36. The molecule has 0 atom stereocenters. The van der Waals surface area contributed by atoms with Crippen molar-refractivity contribution in [2.24, 2.45) is 0 Å². The molecule has 0 aliphatic rings. The van der Waals surface area contributed by atoms with E-state index in [1.807, 2.05) is 0 Å². The average Bonchev–Trinajstić information content (AvgIpc) is 3.23. The second kappa shape index (κ2) is 13.8. The van der Waals surface area contributed by atoms with Crippen LogP contribution in [-0.2, 0) is 0 Å². The van der Waals surface area contributed by atoms with E-state index in [2.05, 4.69) is 228 Å². The van der Waals surface area contributed by atoms with Crippen molar-refractivity contribution in [3.8, 4) is 22.3 Å². The zero-order valence-electron chi connectivity index (χ0n) is 28.7. The summed E-state index contributed by atoms with van der Waals surface area (Å²) in [6.45, 7) is 0. The SMILES string of the molecule is c1ccc(-c2cc3ccccc3c3cc(N(c4ccccc4)c4ccc(-c5ccc(N(c6ccccc6)c6ccccc6)cc5)cc4)ccc23)cc1. The van der Waals surface area contributed by atoms with Gasteiger partial charge >= 0.3 is 0 Å². The average molecular weight is 665 g/mol. The molecule has 0 aliphatic carbocycles. The van der Waals surface area contributed by atoms with E-state index in [0.717, 1.165) is 34.1 Å². The Labute approximate surface area is 305 Å². The Morgan fingerprint density at radius 3 is 1.15 bits per heavy atom. The predicted molar refractivity (Wildman–Crippen MR) is 222 cm³/mol. The van der Waals surface area contributed by atoms with Gasteiger partial charge in [0.15, 0.2) is 0 Å². The highest BCUT2D eigenvalue weighted by Gasteiger charge is 2.17. The van der Waals surface area contributed by atoms with Crippen LogP contribution in [0, 0.1) is 0 Å². The smallest absolute Gasteiger partial charge is 0.0468 e. The Hall–Kier alpha value is -6.90. The summed E-state index contributed by atoms with van der Waals surface area (Å²) < 4.78 is 0. The summed E-state index contributed by atoms with van der Waals surface area (Å²) >= 11 is 0. The fourth-order valence-electron chi connectivity index (χ4n) is 7.32. The standard InChI is InChI=1S/C50H36N2/c1-5-15-39(16-6-1)49-35-40-17-13-14-24-47(40)50-36-46(33-34-48(49)50)52(43-22-11-4-12-23-43)45-31-27-38(28-32-45)37-25-29-44(30-26-37)51(41-18-7-2-8-19-41)42-20-9-3-10-21-42/h1-36H. The molecule has 0 fully saturated rings. The Balaban J connectivity index is 1.09. The summed E-state index contributed by atoms with van der Waals surface area (Å²) in [5, 5.41) is 4.98. The van der Waals surface area contributed by atoms with Crippen molar-refractivity contribution in [3.63, 3.8) is 0 Å². The summed E-state index contributed by atoms with van der Waals surface area (Å²) in [5.41, 5.74) is 11.5. The number of rotatable bonds is 8. The van der Waals surface area contributed by atoms with Crippen molar-refractivity contribution in [1.82, 2.24) is 0 Å². The molecule has 2 heteroatoms. The first-order chi connectivity index (χ1) is 25.8. The van der Waals surface area contributed by atoms with Crippen LogP contribution in [0.3, 0.4) is 0 Å². The van der Waals surface area contributed by atoms with Gasteiger partial charge in [-0.2, -0.15) is 0 Å². The quantitative estimate of drug-likeness (QED) is 0.149. The molecule has 0 aliphatic heterocycles. The molecule has 246 valence electrons. The van der Waals surface area contributed by atoms with Crippen molar-refractivity contribution >= 4 is 55.7 Å². The lowest BCUT2D eigenvalue weighted by Gasteiger charge is -2.26. The van der Waals surface area contributed by atoms with E-state index in [1.54, 1.807) is 0 Å². The van der Waals surface area contributed by atoms with Gasteiger partial charge < -0.3 is 9.80 Å². The minimum Gasteiger partial charge on any atom is -0.311 e. The van der Waals surface area contributed by atoms with Crippen LogP contribution < -0.4 is 9.80 Å². The van der Waals surface area contributed by atoms with Gasteiger partial charge in [-0.25, -0.2) is 0 Å². The molecular weight excluding hydrogens is 629 g/mol. The summed E-state index contributed by atoms with van der Waals surface area (Å²) in [4.78, 5) is 4.65. The molecule has 9 rings (SSSR count). The number of anilines is 6. The minimum absolute atomic E-state index is 1.11. The number of para-hydroxylation sites is 3. The number of nitrogens with zero attached hydrogens (tertiary/aromatic N) is 2. The van der Waals surface area contributed by atoms with Gasteiger partial charge in [0.05, 0.1) is 0 Å². The first-order valence-electron chi connectivity index (χ1n) is 17.8. The third kappa shape index (κ3) is 5.97. The maximum Gasteiger partial charge on any atom is 0.0468 e. The first kappa shape index (κ1) is 31.1. The van der Waals surface area contributed by atoms with Gasteiger partial charge in [0.1, 0.15) is 0 Å². The summed E-state index contributed by atoms with van der Waals surface area (Å²) in [6.07, 6.45) is 0. The summed E-state index contributed by atoms with van der Waals surface area (Å²) in [7, 11) is 0. The van der Waals surface area contributed by atoms with Crippen LogP contribution in [0.25, 0.3) is 43.8 Å². The van der Waals surface area contributed by atoms with Crippen LogP contribution >= 0.6 is 0 Å². The third-order valence-corrected chi connectivity index (χ3v) is 9.81. The van der Waals surface area contributed by atoms with Crippen LogP contribution in [0.1, 0.15) is 0 Å². The molecule has 0 unspecified atom stereocenters. The highest BCUT2D eigenvalue weighted by molar-refractivity contribution is 6.15. The molecule has 0 saturated carbocycles. The molecule has 0 saturated heterocycles. The normalized spacial score (nSPS) is 11.1. The molecule has 52 heavy (non-hydrogen) atoms. The van der Waals surface area contributed by atoms with E-state index in [1.165, 1.54) is 43.8 Å². The Kier molecular flexibility index (Phi) is 8.24. The van der Waals surface area contributed by atoms with Crippen molar-refractivity contribution in [3.05, 3.63) is 218 Å². The van der Waals surface area contributed by atoms with Crippen molar-refractivity contribution < 1.29 is 0 Å². The zero-order chi connectivity index (χ0) is 34.7. The molecular formula is C50H36N2. The van der Waals surface area contributed by atoms with Gasteiger partial charge in [0.2, 0.25) is 0 Å². The highest BCUT2D eigenvalue weighted by Crippen LogP contribution is 2.41. The molecule has 0 radical (unpaired) electrons. The number of hydrogen-bond acceptors (Lipinski definition) is 2. The van der Waals surface area contributed by atoms with Crippen LogP contribution in [0.4, 0.5) is 34.1 Å². The Morgan fingerprint density at radius 1 is 0.231 bits per heavy atom. The Bertz CT molecular complexity index is 2540. The lowest BCUT2D eigenvalue weighted by atomic mass is 9.93. The van der Waals surface area contributed by atoms with E-state index in [-0.39, 0.29) is 0 Å². The topological polar surface area (TPSA) is 6.48 Å². The molecule has 0 amide bonds. The fourth-order valence-corrected chi connectivity index (χ4v) is 7.32. The van der Waals surface area contributed by atoms with Crippen molar-refractivity contribution in [2.45, 2.75) is 0 Å². The fraction of sp³-hybridized carbons (Fsp3) is 0. The van der Waals surface area contributed by atoms with Crippen LogP contribution in [0.5, 0.6) is 0 Å². The summed E-state index contributed by atoms with van der Waals surface area (Å²) in [5.74, 6) is 0. The van der Waals surface area contributed by atoms with Crippen LogP contribution in [0.2, 0.25) is 0 Å². The van der Waals surface area contributed by atoms with E-state index < -0.39 is 0 Å². The van der Waals surface area contributed by atoms with E-state index in [4.69, 9.17) is 0 Å². The highest BCUT2D eigenvalue weighted by atomic mass is 15.1. The molecule has 0 spiro atoms. The van der Waals surface area contributed by atoms with Crippen LogP contribution in [-0.4, -0.2) is 0 Å². The second-order valence-electron chi connectivity index (χ2n) is 13.0. The van der Waals surface area contributed by atoms with Gasteiger partial charge in [-0.05, 0) is 123 Å². The van der Waals surface area contributed by atoms with E-state index in [9.17, 15) is 0 Å². The molecule has 2 nitrogen and oxygen atoms in total. The van der Waals surface area contributed by atoms with Crippen LogP contribution in [0.15, 0.2) is 218 Å². The van der Waals surface area contributed by atoms with Crippen molar-refractivity contribution in [2.75, 3.05) is 9.80 Å². The van der Waals surface area contributed by atoms with Gasteiger partial charge in [0, 0.05) is 34.1 Å². The van der Waals surface area contributed by atoms with Gasteiger partial charge in [-0.3, -0.25) is 0 Å². The number of fused-ring (bicyclic) bond motifs is 3. The molecule has 9 aromatic rings. The van der Waals surface area contributed by atoms with Crippen molar-refractivity contribution in [1.29, 1.82) is 0 Å². The van der Waals surface area contributed by atoms with E-state index in [0.29, 0.717) is 0 Å². The lowest BCUT2D eigenvalue weighted by Crippen LogP contribution is -2.10. The minimum atomic E-state index is 1.11. The van der Waals surface area contributed by atoms with Gasteiger partial charge in [-0.15, -0.1) is 0 Å². The lowest BCUT2D eigenvalue weighted by molar-refractivity contribution is 1.28. The molecule has 9 aromatic carbocycles. The first-order valence-corrected chi connectivity index (χ1v) is 17.8.